The second-order valence-corrected chi connectivity index (χ2v) is 10.7. The molecular formula is C25H31N5O3S. The Balaban J connectivity index is 1.34. The average Bonchev–Trinajstić information content (AvgIpc) is 3.40. The van der Waals surface area contributed by atoms with Gasteiger partial charge in [-0.2, -0.15) is 0 Å². The Bertz CT molecular complexity index is 1420. The van der Waals surface area contributed by atoms with E-state index in [0.29, 0.717) is 31.4 Å². The van der Waals surface area contributed by atoms with E-state index in [1.165, 1.54) is 29.4 Å². The summed E-state index contributed by atoms with van der Waals surface area (Å²) < 4.78 is 28.1. The van der Waals surface area contributed by atoms with Crippen LogP contribution in [0.5, 0.6) is 0 Å². The second-order valence-electron chi connectivity index (χ2n) is 8.52. The van der Waals surface area contributed by atoms with Crippen LogP contribution >= 0.6 is 0 Å². The lowest BCUT2D eigenvalue weighted by atomic mass is 10.1. The summed E-state index contributed by atoms with van der Waals surface area (Å²) in [5, 5.41) is 4.24. The molecule has 0 unspecified atom stereocenters. The molecule has 0 radical (unpaired) electrons. The van der Waals surface area contributed by atoms with E-state index in [2.05, 4.69) is 27.4 Å². The van der Waals surface area contributed by atoms with Crippen LogP contribution in [0.4, 0.5) is 0 Å². The van der Waals surface area contributed by atoms with Crippen molar-refractivity contribution in [2.45, 2.75) is 44.0 Å². The molecule has 2 N–H and O–H groups in total. The number of nitrogens with one attached hydrogen (secondary N) is 2. The lowest BCUT2D eigenvalue weighted by molar-refractivity contribution is -0.121. The molecule has 0 fully saturated rings. The van der Waals surface area contributed by atoms with Crippen molar-refractivity contribution in [2.75, 3.05) is 20.6 Å². The highest BCUT2D eigenvalue weighted by molar-refractivity contribution is 7.89. The Labute approximate surface area is 200 Å². The summed E-state index contributed by atoms with van der Waals surface area (Å²) in [7, 11) is -0.511. The number of carbonyl (C=O) groups excluding carboxylic acids is 1. The maximum atomic E-state index is 12.5. The van der Waals surface area contributed by atoms with Crippen molar-refractivity contribution in [2.24, 2.45) is 0 Å². The standard InChI is InChI=1S/C25H31N5O3S/c1-4-30-23-12-11-19(34(32,33)29(2)3)16-22(23)28-24(30)13-14-25(31)26-15-7-8-18-17-27-21-10-6-5-9-20(18)21/h5-6,9-12,16-17,27H,4,7-8,13-15H2,1-3H3,(H,26,31). The summed E-state index contributed by atoms with van der Waals surface area (Å²) in [6.45, 7) is 3.33. The first kappa shape index (κ1) is 24.0. The van der Waals surface area contributed by atoms with Gasteiger partial charge in [-0.15, -0.1) is 0 Å². The van der Waals surface area contributed by atoms with E-state index in [9.17, 15) is 13.2 Å². The highest BCUT2D eigenvalue weighted by atomic mass is 32.2. The summed E-state index contributed by atoms with van der Waals surface area (Å²) in [5.41, 5.74) is 3.89. The molecule has 0 spiro atoms. The molecule has 34 heavy (non-hydrogen) atoms. The summed E-state index contributed by atoms with van der Waals surface area (Å²) in [4.78, 5) is 20.6. The van der Waals surface area contributed by atoms with Crippen LogP contribution in [-0.4, -0.2) is 53.8 Å². The minimum Gasteiger partial charge on any atom is -0.361 e. The SMILES string of the molecule is CCn1c(CCC(=O)NCCCc2c[nH]c3ccccc23)nc2cc(S(=O)(=O)N(C)C)ccc21. The van der Waals surface area contributed by atoms with Gasteiger partial charge in [0.15, 0.2) is 0 Å². The number of amides is 1. The molecule has 8 nitrogen and oxygen atoms in total. The van der Waals surface area contributed by atoms with Crippen LogP contribution in [0.15, 0.2) is 53.6 Å². The zero-order chi connectivity index (χ0) is 24.3. The molecule has 9 heteroatoms. The number of para-hydroxylation sites is 1. The van der Waals surface area contributed by atoms with E-state index < -0.39 is 10.0 Å². The number of aryl methyl sites for hydroxylation is 3. The number of sulfonamides is 1. The molecule has 4 rings (SSSR count). The van der Waals surface area contributed by atoms with E-state index in [1.807, 2.05) is 29.8 Å². The Kier molecular flexibility index (Phi) is 7.04. The first-order valence-corrected chi connectivity index (χ1v) is 13.0. The Hall–Kier alpha value is -3.17. The number of imidazole rings is 1. The van der Waals surface area contributed by atoms with Crippen molar-refractivity contribution in [3.8, 4) is 0 Å². The molecule has 0 atom stereocenters. The van der Waals surface area contributed by atoms with Crippen molar-refractivity contribution >= 4 is 37.9 Å². The topological polar surface area (TPSA) is 100 Å². The van der Waals surface area contributed by atoms with E-state index in [0.717, 1.165) is 29.7 Å². The Morgan fingerprint density at radius 2 is 1.94 bits per heavy atom. The number of H-pyrrole nitrogens is 1. The minimum absolute atomic E-state index is 0.00971. The van der Waals surface area contributed by atoms with E-state index in [4.69, 9.17) is 0 Å². The number of nitrogens with zero attached hydrogens (tertiary/aromatic N) is 3. The van der Waals surface area contributed by atoms with Gasteiger partial charge < -0.3 is 14.9 Å². The zero-order valence-corrected chi connectivity index (χ0v) is 20.7. The summed E-state index contributed by atoms with van der Waals surface area (Å²) in [6, 6.07) is 13.2. The van der Waals surface area contributed by atoms with Gasteiger partial charge in [0.05, 0.1) is 15.9 Å². The molecule has 1 amide bonds. The number of hydrogen-bond donors (Lipinski definition) is 2. The third-order valence-corrected chi connectivity index (χ3v) is 7.90. The molecule has 4 aromatic rings. The highest BCUT2D eigenvalue weighted by Crippen LogP contribution is 2.23. The third kappa shape index (κ3) is 4.85. The summed E-state index contributed by atoms with van der Waals surface area (Å²) in [5.74, 6) is 0.773. The van der Waals surface area contributed by atoms with Crippen LogP contribution in [-0.2, 0) is 34.2 Å². The molecule has 0 aliphatic rings. The largest absolute Gasteiger partial charge is 0.361 e. The summed E-state index contributed by atoms with van der Waals surface area (Å²) >= 11 is 0. The van der Waals surface area contributed by atoms with Crippen LogP contribution in [0.25, 0.3) is 21.9 Å². The highest BCUT2D eigenvalue weighted by Gasteiger charge is 2.19. The fourth-order valence-electron chi connectivity index (χ4n) is 4.23. The Morgan fingerprint density at radius 1 is 1.15 bits per heavy atom. The molecule has 0 aliphatic heterocycles. The van der Waals surface area contributed by atoms with Crippen LogP contribution in [0.1, 0.15) is 31.2 Å². The quantitative estimate of drug-likeness (QED) is 0.339. The molecule has 2 aromatic carbocycles. The van der Waals surface area contributed by atoms with Gasteiger partial charge in [-0.25, -0.2) is 17.7 Å². The maximum absolute atomic E-state index is 12.5. The second kappa shape index (κ2) is 9.99. The monoisotopic (exact) mass is 481 g/mol. The van der Waals surface area contributed by atoms with Crippen molar-refractivity contribution in [3.05, 3.63) is 60.0 Å². The average molecular weight is 482 g/mol. The smallest absolute Gasteiger partial charge is 0.242 e. The van der Waals surface area contributed by atoms with Gasteiger partial charge in [-0.3, -0.25) is 4.79 Å². The predicted molar refractivity (Wildman–Crippen MR) is 134 cm³/mol. The molecule has 0 aliphatic carbocycles. The molecule has 180 valence electrons. The van der Waals surface area contributed by atoms with Crippen molar-refractivity contribution in [1.29, 1.82) is 0 Å². The number of carbonyl (C=O) groups is 1. The van der Waals surface area contributed by atoms with Gasteiger partial charge in [-0.05, 0) is 49.6 Å². The summed E-state index contributed by atoms with van der Waals surface area (Å²) in [6.07, 6.45) is 4.63. The van der Waals surface area contributed by atoms with Crippen molar-refractivity contribution in [3.63, 3.8) is 0 Å². The normalized spacial score (nSPS) is 12.1. The van der Waals surface area contributed by atoms with Crippen LogP contribution in [0.3, 0.4) is 0 Å². The lowest BCUT2D eigenvalue weighted by Gasteiger charge is -2.11. The van der Waals surface area contributed by atoms with E-state index in [-0.39, 0.29) is 10.8 Å². The van der Waals surface area contributed by atoms with Gasteiger partial charge in [0.2, 0.25) is 15.9 Å². The van der Waals surface area contributed by atoms with Crippen LogP contribution in [0, 0.1) is 0 Å². The minimum atomic E-state index is -3.53. The number of aromatic nitrogens is 3. The van der Waals surface area contributed by atoms with Crippen molar-refractivity contribution < 1.29 is 13.2 Å². The van der Waals surface area contributed by atoms with Crippen molar-refractivity contribution in [1.82, 2.24) is 24.2 Å². The number of rotatable bonds is 10. The lowest BCUT2D eigenvalue weighted by Crippen LogP contribution is -2.25. The molecular weight excluding hydrogens is 450 g/mol. The van der Waals surface area contributed by atoms with Crippen LogP contribution < -0.4 is 5.32 Å². The first-order chi connectivity index (χ1) is 16.3. The Morgan fingerprint density at radius 3 is 2.71 bits per heavy atom. The third-order valence-electron chi connectivity index (χ3n) is 6.09. The number of aromatic amines is 1. The zero-order valence-electron chi connectivity index (χ0n) is 19.8. The fourth-order valence-corrected chi connectivity index (χ4v) is 5.16. The number of fused-ring (bicyclic) bond motifs is 2. The predicted octanol–water partition coefficient (Wildman–Crippen LogP) is 3.47. The fraction of sp³-hybridized carbons (Fsp3) is 0.360. The van der Waals surface area contributed by atoms with Gasteiger partial charge in [0.1, 0.15) is 5.82 Å². The van der Waals surface area contributed by atoms with Gasteiger partial charge in [-0.1, -0.05) is 18.2 Å². The molecule has 0 bridgehead atoms. The molecule has 2 heterocycles. The van der Waals surface area contributed by atoms with Gasteiger partial charge in [0.25, 0.3) is 0 Å². The molecule has 2 aromatic heterocycles. The van der Waals surface area contributed by atoms with Gasteiger partial charge >= 0.3 is 0 Å². The molecule has 0 saturated carbocycles. The molecule has 0 saturated heterocycles. The number of benzene rings is 2. The first-order valence-electron chi connectivity index (χ1n) is 11.5. The van der Waals surface area contributed by atoms with Gasteiger partial charge in [0, 0.05) is 57.1 Å². The van der Waals surface area contributed by atoms with Crippen LogP contribution in [0.2, 0.25) is 0 Å². The number of hydrogen-bond acceptors (Lipinski definition) is 4. The maximum Gasteiger partial charge on any atom is 0.242 e. The van der Waals surface area contributed by atoms with E-state index in [1.54, 1.807) is 18.2 Å². The van der Waals surface area contributed by atoms with E-state index >= 15 is 0 Å².